The molecule has 4 heteroatoms. The predicted octanol–water partition coefficient (Wildman–Crippen LogP) is 4.81. The molecule has 2 aliphatic heterocycles. The highest BCUT2D eigenvalue weighted by Crippen LogP contribution is 2.46. The molecule has 2 heterocycles. The van der Waals surface area contributed by atoms with Gasteiger partial charge in [-0.15, -0.1) is 0 Å². The van der Waals surface area contributed by atoms with Crippen molar-refractivity contribution < 1.29 is 13.9 Å². The van der Waals surface area contributed by atoms with Crippen molar-refractivity contribution in [2.45, 2.75) is 26.2 Å². The molecule has 2 aromatic carbocycles. The molecule has 0 radical (unpaired) electrons. The van der Waals surface area contributed by atoms with Gasteiger partial charge in [0, 0.05) is 37.2 Å². The highest BCUT2D eigenvalue weighted by Gasteiger charge is 2.26. The Morgan fingerprint density at radius 3 is 2.58 bits per heavy atom. The van der Waals surface area contributed by atoms with E-state index in [0.717, 1.165) is 54.9 Å². The number of carbonyl (C=O) groups is 1. The first kappa shape index (κ1) is 17.0. The first-order valence-corrected chi connectivity index (χ1v) is 9.13. The maximum Gasteiger partial charge on any atom is 0.135 e. The van der Waals surface area contributed by atoms with Gasteiger partial charge in [-0.1, -0.05) is 23.8 Å². The van der Waals surface area contributed by atoms with Crippen LogP contribution in [-0.4, -0.2) is 30.3 Å². The highest BCUT2D eigenvalue weighted by atomic mass is 19.1. The number of rotatable bonds is 3. The number of hydrogen-bond donors (Lipinski definition) is 0. The molecule has 0 atom stereocenters. The normalized spacial score (nSPS) is 16.7. The van der Waals surface area contributed by atoms with Crippen LogP contribution in [0.3, 0.4) is 0 Å². The molecule has 26 heavy (non-hydrogen) atoms. The number of carbonyl (C=O) groups excluding carboxylic acids is 1. The summed E-state index contributed by atoms with van der Waals surface area (Å²) in [4.78, 5) is 13.6. The minimum atomic E-state index is -0.247. The number of fused-ring (bicyclic) bond motifs is 2. The highest BCUT2D eigenvalue weighted by molar-refractivity contribution is 5.89. The summed E-state index contributed by atoms with van der Waals surface area (Å²) >= 11 is 0. The average Bonchev–Trinajstić information content (AvgIpc) is 2.65. The van der Waals surface area contributed by atoms with Gasteiger partial charge in [-0.3, -0.25) is 4.79 Å². The molecule has 0 unspecified atom stereocenters. The molecule has 1 saturated heterocycles. The summed E-state index contributed by atoms with van der Waals surface area (Å²) in [6.45, 7) is 4.32. The van der Waals surface area contributed by atoms with Crippen LogP contribution in [0.5, 0.6) is 11.5 Å². The summed E-state index contributed by atoms with van der Waals surface area (Å²) < 4.78 is 19.9. The lowest BCUT2D eigenvalue weighted by atomic mass is 9.86. The molecular weight excluding hydrogens is 329 g/mol. The van der Waals surface area contributed by atoms with Gasteiger partial charge in [0.1, 0.15) is 23.1 Å². The lowest BCUT2D eigenvalue weighted by Gasteiger charge is -2.32. The van der Waals surface area contributed by atoms with Crippen LogP contribution in [0.15, 0.2) is 48.0 Å². The Morgan fingerprint density at radius 1 is 1.08 bits per heavy atom. The first-order valence-electron chi connectivity index (χ1n) is 9.13. The van der Waals surface area contributed by atoms with E-state index >= 15 is 0 Å². The Labute approximate surface area is 153 Å². The van der Waals surface area contributed by atoms with Gasteiger partial charge in [-0.05, 0) is 49.6 Å². The van der Waals surface area contributed by atoms with Crippen molar-refractivity contribution in [1.82, 2.24) is 4.90 Å². The van der Waals surface area contributed by atoms with Crippen LogP contribution < -0.4 is 4.74 Å². The molecule has 134 valence electrons. The van der Waals surface area contributed by atoms with Crippen LogP contribution in [0.2, 0.25) is 0 Å². The quantitative estimate of drug-likeness (QED) is 0.678. The second kappa shape index (κ2) is 7.04. The zero-order valence-electron chi connectivity index (χ0n) is 14.9. The summed E-state index contributed by atoms with van der Waals surface area (Å²) in [7, 11) is 0. The van der Waals surface area contributed by atoms with E-state index in [4.69, 9.17) is 4.74 Å². The van der Waals surface area contributed by atoms with Crippen LogP contribution in [0.1, 0.15) is 37.3 Å². The Bertz CT molecular complexity index is 877. The molecular formula is C22H22FNO2. The number of likely N-dealkylation sites (tertiary alicyclic amines) is 1. The van der Waals surface area contributed by atoms with Crippen molar-refractivity contribution in [3.8, 4) is 11.5 Å². The van der Waals surface area contributed by atoms with Crippen molar-refractivity contribution in [1.29, 1.82) is 0 Å². The fraction of sp³-hybridized carbons (Fsp3) is 0.318. The molecule has 0 aromatic heterocycles. The molecule has 2 aromatic rings. The summed E-state index contributed by atoms with van der Waals surface area (Å²) in [6, 6.07) is 12.7. The van der Waals surface area contributed by atoms with Gasteiger partial charge in [0.05, 0.1) is 0 Å². The molecule has 3 nitrogen and oxygen atoms in total. The van der Waals surface area contributed by atoms with E-state index in [0.29, 0.717) is 12.2 Å². The molecule has 0 N–H and O–H groups in total. The van der Waals surface area contributed by atoms with Gasteiger partial charge in [-0.2, -0.15) is 0 Å². The Hall–Kier alpha value is -2.46. The van der Waals surface area contributed by atoms with Gasteiger partial charge in [-0.25, -0.2) is 4.39 Å². The molecule has 4 rings (SSSR count). The first-order chi connectivity index (χ1) is 12.6. The zero-order chi connectivity index (χ0) is 18.1. The SMILES string of the molecule is CC(=O)CCN1CCC(=C2c3ccccc3Oc3ccc(F)cc32)CC1. The third-order valence-electron chi connectivity index (χ3n) is 5.18. The van der Waals surface area contributed by atoms with E-state index in [1.165, 1.54) is 11.6 Å². The summed E-state index contributed by atoms with van der Waals surface area (Å²) in [5.41, 5.74) is 4.34. The maximum absolute atomic E-state index is 13.9. The third-order valence-corrected chi connectivity index (χ3v) is 5.18. The standard InChI is InChI=1S/C22H22FNO2/c1-15(25)8-11-24-12-9-16(10-13-24)22-18-4-2-3-5-20(18)26-21-7-6-17(23)14-19(21)22/h2-7,14H,8-13H2,1H3. The zero-order valence-corrected chi connectivity index (χ0v) is 14.9. The minimum absolute atomic E-state index is 0.233. The average molecular weight is 351 g/mol. The second-order valence-electron chi connectivity index (χ2n) is 7.01. The third kappa shape index (κ3) is 3.29. The maximum atomic E-state index is 13.9. The van der Waals surface area contributed by atoms with Crippen LogP contribution in [0, 0.1) is 5.82 Å². The van der Waals surface area contributed by atoms with Gasteiger partial charge < -0.3 is 9.64 Å². The van der Waals surface area contributed by atoms with E-state index in [1.54, 1.807) is 19.1 Å². The number of Topliss-reactive ketones (excluding diaryl/α,β-unsaturated/α-hetero) is 1. The van der Waals surface area contributed by atoms with E-state index in [9.17, 15) is 9.18 Å². The van der Waals surface area contributed by atoms with E-state index in [-0.39, 0.29) is 11.6 Å². The molecule has 0 amide bonds. The fourth-order valence-electron chi connectivity index (χ4n) is 3.81. The second-order valence-corrected chi connectivity index (χ2v) is 7.01. The van der Waals surface area contributed by atoms with Gasteiger partial charge in [0.15, 0.2) is 0 Å². The van der Waals surface area contributed by atoms with Crippen LogP contribution >= 0.6 is 0 Å². The van der Waals surface area contributed by atoms with Gasteiger partial charge in [0.2, 0.25) is 0 Å². The molecule has 0 bridgehead atoms. The number of hydrogen-bond acceptors (Lipinski definition) is 3. The Balaban J connectivity index is 1.69. The summed E-state index contributed by atoms with van der Waals surface area (Å²) in [5, 5.41) is 0. The lowest BCUT2D eigenvalue weighted by molar-refractivity contribution is -0.117. The van der Waals surface area contributed by atoms with Crippen LogP contribution in [0.4, 0.5) is 4.39 Å². The number of benzene rings is 2. The number of halogens is 1. The topological polar surface area (TPSA) is 29.5 Å². The van der Waals surface area contributed by atoms with Crippen molar-refractivity contribution in [2.75, 3.05) is 19.6 Å². The van der Waals surface area contributed by atoms with Crippen LogP contribution in [-0.2, 0) is 4.79 Å². The van der Waals surface area contributed by atoms with Crippen molar-refractivity contribution >= 4 is 11.4 Å². The van der Waals surface area contributed by atoms with Crippen LogP contribution in [0.25, 0.3) is 5.57 Å². The minimum Gasteiger partial charge on any atom is -0.456 e. The van der Waals surface area contributed by atoms with E-state index < -0.39 is 0 Å². The molecule has 0 aliphatic carbocycles. The molecule has 1 fully saturated rings. The van der Waals surface area contributed by atoms with Gasteiger partial charge in [0.25, 0.3) is 0 Å². The van der Waals surface area contributed by atoms with E-state index in [1.807, 2.05) is 24.3 Å². The predicted molar refractivity (Wildman–Crippen MR) is 99.9 cm³/mol. The number of ketones is 1. The molecule has 2 aliphatic rings. The van der Waals surface area contributed by atoms with E-state index in [2.05, 4.69) is 4.90 Å². The molecule has 0 saturated carbocycles. The number of piperidine rings is 1. The number of ether oxygens (including phenoxy) is 1. The monoisotopic (exact) mass is 351 g/mol. The largest absolute Gasteiger partial charge is 0.456 e. The Morgan fingerprint density at radius 2 is 1.81 bits per heavy atom. The fourth-order valence-corrected chi connectivity index (χ4v) is 3.81. The van der Waals surface area contributed by atoms with Crippen molar-refractivity contribution in [3.05, 3.63) is 65.0 Å². The number of para-hydroxylation sites is 1. The Kier molecular flexibility index (Phi) is 4.60. The van der Waals surface area contributed by atoms with Crippen molar-refractivity contribution in [3.63, 3.8) is 0 Å². The van der Waals surface area contributed by atoms with Crippen molar-refractivity contribution in [2.24, 2.45) is 0 Å². The summed E-state index contributed by atoms with van der Waals surface area (Å²) in [5.74, 6) is 1.53. The smallest absolute Gasteiger partial charge is 0.135 e. The number of nitrogens with zero attached hydrogens (tertiary/aromatic N) is 1. The summed E-state index contributed by atoms with van der Waals surface area (Å²) in [6.07, 6.45) is 2.46. The lowest BCUT2D eigenvalue weighted by Crippen LogP contribution is -2.32. The van der Waals surface area contributed by atoms with Gasteiger partial charge >= 0.3 is 0 Å². The molecule has 0 spiro atoms.